The van der Waals surface area contributed by atoms with Gasteiger partial charge in [0.15, 0.2) is 12.2 Å². The zero-order valence-corrected chi connectivity index (χ0v) is 68.7. The number of hydrogen-bond acceptors (Lipinski definition) is 15. The second kappa shape index (κ2) is 79.3. The number of allylic oxidation sites excluding steroid dienone is 30. The van der Waals surface area contributed by atoms with Gasteiger partial charge < -0.3 is 33.8 Å². The average molecular weight is 1550 g/mol. The van der Waals surface area contributed by atoms with Crippen LogP contribution in [0.3, 0.4) is 0 Å². The smallest absolute Gasteiger partial charge is 0.462 e. The molecule has 0 bridgehead atoms. The zero-order valence-electron chi connectivity index (χ0n) is 66.9. The van der Waals surface area contributed by atoms with E-state index in [1.807, 2.05) is 36.5 Å². The van der Waals surface area contributed by atoms with Crippen LogP contribution in [0.2, 0.25) is 0 Å². The van der Waals surface area contributed by atoms with Crippen LogP contribution in [0.25, 0.3) is 0 Å². The van der Waals surface area contributed by atoms with E-state index in [2.05, 4.69) is 174 Å². The van der Waals surface area contributed by atoms with Gasteiger partial charge in [-0.2, -0.15) is 0 Å². The third-order valence-corrected chi connectivity index (χ3v) is 18.3. The van der Waals surface area contributed by atoms with E-state index in [-0.39, 0.29) is 25.7 Å². The summed E-state index contributed by atoms with van der Waals surface area (Å²) in [4.78, 5) is 73.0. The first kappa shape index (κ1) is 102. The Balaban J connectivity index is 5.49. The summed E-state index contributed by atoms with van der Waals surface area (Å²) in [5.41, 5.74) is 0. The van der Waals surface area contributed by atoms with Gasteiger partial charge in [-0.3, -0.25) is 37.3 Å². The minimum atomic E-state index is -5.01. The summed E-state index contributed by atoms with van der Waals surface area (Å²) in [5, 5.41) is 10.6. The van der Waals surface area contributed by atoms with Crippen molar-refractivity contribution in [3.05, 3.63) is 182 Å². The van der Waals surface area contributed by atoms with E-state index < -0.39 is 97.5 Å². The molecule has 0 aliphatic rings. The fourth-order valence-corrected chi connectivity index (χ4v) is 11.8. The largest absolute Gasteiger partial charge is 0.472 e. The Labute approximate surface area is 654 Å². The lowest BCUT2D eigenvalue weighted by molar-refractivity contribution is -0.161. The number of aliphatic hydroxyl groups is 1. The van der Waals surface area contributed by atoms with Gasteiger partial charge in [-0.15, -0.1) is 0 Å². The molecular weight excluding hydrogens is 1400 g/mol. The minimum Gasteiger partial charge on any atom is -0.462 e. The first-order valence-electron chi connectivity index (χ1n) is 41.0. The third kappa shape index (κ3) is 78.3. The number of hydrogen-bond donors (Lipinski definition) is 3. The SMILES string of the molecule is CC/C=C\C/C=C\C/C=C\C/C=C\C/C=C\C/C=C\CCC(=O)OCC(COP(=O)(O)OCC(O)COP(=O)(O)OCC(COC(=O)CC/C=C\C/C=C\C/C=C\C/C=C\C/C=C\C/C=C\CC)OC(=O)CCCCCCCCCCCCC)OC(=O)CCCCCCCC/C=C\C/C=C\C/C=C\CCCCC. The lowest BCUT2D eigenvalue weighted by atomic mass is 10.1. The van der Waals surface area contributed by atoms with Gasteiger partial charge in [-0.05, 0) is 141 Å². The molecule has 612 valence electrons. The normalized spacial score (nSPS) is 14.8. The van der Waals surface area contributed by atoms with Gasteiger partial charge in [0.05, 0.1) is 26.4 Å². The molecule has 3 N–H and O–H groups in total. The van der Waals surface area contributed by atoms with E-state index in [0.717, 1.165) is 148 Å². The molecular formula is C89H144O17P2. The van der Waals surface area contributed by atoms with Gasteiger partial charge in [0, 0.05) is 25.7 Å². The average Bonchev–Trinajstić information content (AvgIpc) is 0.917. The Morgan fingerprint density at radius 3 is 0.796 bits per heavy atom. The quantitative estimate of drug-likeness (QED) is 0.0169. The molecule has 5 unspecified atom stereocenters. The number of ether oxygens (including phenoxy) is 4. The molecule has 0 aliphatic carbocycles. The third-order valence-electron chi connectivity index (χ3n) is 16.4. The van der Waals surface area contributed by atoms with Gasteiger partial charge in [-0.1, -0.05) is 313 Å². The maximum Gasteiger partial charge on any atom is 0.472 e. The summed E-state index contributed by atoms with van der Waals surface area (Å²) >= 11 is 0. The highest BCUT2D eigenvalue weighted by molar-refractivity contribution is 7.47. The molecule has 19 heteroatoms. The van der Waals surface area contributed by atoms with Crippen molar-refractivity contribution in [3.8, 4) is 0 Å². The van der Waals surface area contributed by atoms with Crippen molar-refractivity contribution < 1.29 is 80.2 Å². The molecule has 0 heterocycles. The van der Waals surface area contributed by atoms with Crippen molar-refractivity contribution in [1.29, 1.82) is 0 Å². The van der Waals surface area contributed by atoms with Crippen molar-refractivity contribution >= 4 is 39.5 Å². The lowest BCUT2D eigenvalue weighted by Crippen LogP contribution is -2.30. The van der Waals surface area contributed by atoms with Crippen LogP contribution >= 0.6 is 15.6 Å². The Morgan fingerprint density at radius 2 is 0.500 bits per heavy atom. The second-order valence-electron chi connectivity index (χ2n) is 26.6. The number of phosphoric ester groups is 2. The molecule has 0 aliphatic heterocycles. The Kier molecular flexibility index (Phi) is 75.0. The van der Waals surface area contributed by atoms with Gasteiger partial charge in [0.25, 0.3) is 0 Å². The monoisotopic (exact) mass is 1550 g/mol. The van der Waals surface area contributed by atoms with Gasteiger partial charge in [0.1, 0.15) is 19.3 Å². The first-order valence-corrected chi connectivity index (χ1v) is 44.0. The van der Waals surface area contributed by atoms with Crippen LogP contribution in [0.1, 0.15) is 297 Å². The fraction of sp³-hybridized carbons (Fsp3) is 0.618. The van der Waals surface area contributed by atoms with Crippen molar-refractivity contribution in [2.45, 2.75) is 316 Å². The zero-order chi connectivity index (χ0) is 78.9. The molecule has 17 nitrogen and oxygen atoms in total. The number of carbonyl (C=O) groups excluding carboxylic acids is 4. The van der Waals surface area contributed by atoms with Crippen LogP contribution in [-0.4, -0.2) is 96.7 Å². The standard InChI is InChI=1S/C89H144O17P2/c1-5-9-13-17-21-25-29-32-35-38-41-44-47-50-54-57-61-65-69-73-86(91)99-79-84(105-88(93)75-71-67-63-59-53-28-24-20-16-12-8-4)81-103-107(95,96)101-77-83(90)78-102-108(97,98)104-82-85(106-89(94)76-72-68-64-60-56-52-49-46-43-40-37-34-31-27-23-19-15-11-7-3)80-100-87(92)74-70-66-62-58-55-51-48-45-42-39-36-33-30-26-22-18-14-10-6-2/h9-10,13-14,21-23,25-27,32-37,41-46,50-51,54-55,61-62,65-66,83-85,90H,5-8,11-12,15-20,24,28-31,38-40,47-49,52-53,56-60,63-64,67-82H2,1-4H3,(H,95,96)(H,97,98)/b13-9-,14-10-,25-21-,26-22-,27-23-,35-32-,36-33-,37-34-,44-41-,45-42-,46-43-,54-50-,55-51-,65-61-,66-62-. The number of unbranched alkanes of at least 4 members (excludes halogenated alkanes) is 19. The maximum atomic E-state index is 13.1. The molecule has 0 aromatic carbocycles. The molecule has 0 radical (unpaired) electrons. The van der Waals surface area contributed by atoms with E-state index in [1.165, 1.54) is 57.8 Å². The highest BCUT2D eigenvalue weighted by Crippen LogP contribution is 2.45. The topological polar surface area (TPSA) is 237 Å². The summed E-state index contributed by atoms with van der Waals surface area (Å²) in [5.74, 6) is -2.40. The number of esters is 4. The van der Waals surface area contributed by atoms with Crippen molar-refractivity contribution in [2.24, 2.45) is 0 Å². The van der Waals surface area contributed by atoms with Crippen LogP contribution in [0, 0.1) is 0 Å². The van der Waals surface area contributed by atoms with Crippen molar-refractivity contribution in [3.63, 3.8) is 0 Å². The van der Waals surface area contributed by atoms with Crippen molar-refractivity contribution in [2.75, 3.05) is 39.6 Å². The van der Waals surface area contributed by atoms with Crippen LogP contribution in [0.5, 0.6) is 0 Å². The summed E-state index contributed by atoms with van der Waals surface area (Å²) < 4.78 is 68.5. The summed E-state index contributed by atoms with van der Waals surface area (Å²) in [6.07, 6.45) is 96.1. The summed E-state index contributed by atoms with van der Waals surface area (Å²) in [6.45, 7) is 4.42. The van der Waals surface area contributed by atoms with E-state index in [9.17, 15) is 43.2 Å². The molecule has 108 heavy (non-hydrogen) atoms. The van der Waals surface area contributed by atoms with Crippen LogP contribution in [0.15, 0.2) is 182 Å². The first-order chi connectivity index (χ1) is 52.7. The van der Waals surface area contributed by atoms with Crippen LogP contribution in [-0.2, 0) is 65.4 Å². The van der Waals surface area contributed by atoms with E-state index in [4.69, 9.17) is 37.0 Å². The summed E-state index contributed by atoms with van der Waals surface area (Å²) in [6, 6.07) is 0. The van der Waals surface area contributed by atoms with Gasteiger partial charge >= 0.3 is 39.5 Å². The second-order valence-corrected chi connectivity index (χ2v) is 29.5. The molecule has 0 fully saturated rings. The molecule has 0 saturated heterocycles. The highest BCUT2D eigenvalue weighted by Gasteiger charge is 2.30. The lowest BCUT2D eigenvalue weighted by Gasteiger charge is -2.21. The van der Waals surface area contributed by atoms with Crippen LogP contribution < -0.4 is 0 Å². The molecule has 0 aromatic heterocycles. The number of aliphatic hydroxyl groups excluding tert-OH is 1. The highest BCUT2D eigenvalue weighted by atomic mass is 31.2. The summed E-state index contributed by atoms with van der Waals surface area (Å²) in [7, 11) is -10.0. The van der Waals surface area contributed by atoms with E-state index >= 15 is 0 Å². The van der Waals surface area contributed by atoms with Crippen LogP contribution in [0.4, 0.5) is 0 Å². The molecule has 0 rings (SSSR count). The number of carbonyl (C=O) groups is 4. The number of phosphoric acid groups is 2. The molecule has 5 atom stereocenters. The van der Waals surface area contributed by atoms with E-state index in [1.54, 1.807) is 0 Å². The Hall–Kier alpha value is -5.84. The Bertz CT molecular complexity index is 2760. The predicted octanol–water partition coefficient (Wildman–Crippen LogP) is 24.3. The molecule has 0 spiro atoms. The van der Waals surface area contributed by atoms with Gasteiger partial charge in [-0.25, -0.2) is 9.13 Å². The molecule has 0 aromatic rings. The van der Waals surface area contributed by atoms with Gasteiger partial charge in [0.2, 0.25) is 0 Å². The van der Waals surface area contributed by atoms with E-state index in [0.29, 0.717) is 38.5 Å². The fourth-order valence-electron chi connectivity index (χ4n) is 10.2. The van der Waals surface area contributed by atoms with Crippen molar-refractivity contribution in [1.82, 2.24) is 0 Å². The predicted molar refractivity (Wildman–Crippen MR) is 445 cm³/mol. The number of rotatable bonds is 75. The molecule has 0 saturated carbocycles. The minimum absolute atomic E-state index is 0.0257. The maximum absolute atomic E-state index is 13.1. The Morgan fingerprint density at radius 1 is 0.269 bits per heavy atom. The molecule has 0 amide bonds.